The number of aromatic nitrogens is 5. The number of fused-ring (bicyclic) bond motifs is 1. The highest BCUT2D eigenvalue weighted by Crippen LogP contribution is 2.17. The van der Waals surface area contributed by atoms with Crippen LogP contribution in [-0.4, -0.2) is 42.8 Å². The summed E-state index contributed by atoms with van der Waals surface area (Å²) in [5.74, 6) is 0.0444. The number of aromatic amines is 1. The number of nitrogens with one attached hydrogen (secondary N) is 1. The van der Waals surface area contributed by atoms with Gasteiger partial charge in [0.2, 0.25) is 0 Å². The third-order valence-corrected chi connectivity index (χ3v) is 2.80. The van der Waals surface area contributed by atoms with Crippen molar-refractivity contribution in [3.8, 4) is 11.4 Å². The largest absolute Gasteiger partial charge is 0.477 e. The topological polar surface area (TPSA) is 105 Å². The molecule has 0 aromatic carbocycles. The molecule has 102 valence electrons. The number of carboxylic acids is 1. The summed E-state index contributed by atoms with van der Waals surface area (Å²) in [4.78, 5) is 19.4. The molecule has 0 unspecified atom stereocenters. The number of carboxylic acid groups (broad SMARTS) is 1. The molecule has 8 heteroatoms. The lowest BCUT2D eigenvalue weighted by atomic mass is 10.2. The summed E-state index contributed by atoms with van der Waals surface area (Å²) in [6, 6.07) is 3.52. The molecule has 0 radical (unpaired) electrons. The van der Waals surface area contributed by atoms with Gasteiger partial charge in [-0.05, 0) is 12.1 Å². The molecule has 0 aliphatic heterocycles. The number of hydrogen-bond donors (Lipinski definition) is 2. The van der Waals surface area contributed by atoms with E-state index in [0.717, 1.165) is 0 Å². The molecule has 0 fully saturated rings. The van der Waals surface area contributed by atoms with Crippen LogP contribution in [0.3, 0.4) is 0 Å². The first-order chi connectivity index (χ1) is 9.69. The van der Waals surface area contributed by atoms with Gasteiger partial charge in [0.05, 0.1) is 6.20 Å². The summed E-state index contributed by atoms with van der Waals surface area (Å²) < 4.78 is 6.44. The molecule has 3 aromatic heterocycles. The van der Waals surface area contributed by atoms with Gasteiger partial charge in [-0.1, -0.05) is 0 Å². The van der Waals surface area contributed by atoms with Crippen molar-refractivity contribution in [2.24, 2.45) is 0 Å². The predicted octanol–water partition coefficient (Wildman–Crippen LogP) is 0.964. The van der Waals surface area contributed by atoms with Gasteiger partial charge in [-0.15, -0.1) is 0 Å². The summed E-state index contributed by atoms with van der Waals surface area (Å²) >= 11 is 0. The fourth-order valence-corrected chi connectivity index (χ4v) is 1.90. The first-order valence-corrected chi connectivity index (χ1v) is 5.80. The number of aromatic carboxylic acids is 1. The lowest BCUT2D eigenvalue weighted by Crippen LogP contribution is -2.01. The van der Waals surface area contributed by atoms with E-state index in [-0.39, 0.29) is 5.69 Å². The first-order valence-electron chi connectivity index (χ1n) is 5.80. The number of imidazole rings is 1. The molecule has 3 rings (SSSR count). The average molecular weight is 273 g/mol. The van der Waals surface area contributed by atoms with Gasteiger partial charge in [-0.3, -0.25) is 9.50 Å². The van der Waals surface area contributed by atoms with Gasteiger partial charge in [0.15, 0.2) is 17.3 Å². The monoisotopic (exact) mass is 273 g/mol. The molecule has 0 aliphatic rings. The highest BCUT2D eigenvalue weighted by Gasteiger charge is 2.12. The van der Waals surface area contributed by atoms with Crippen molar-refractivity contribution in [3.63, 3.8) is 0 Å². The third kappa shape index (κ3) is 2.01. The molecule has 0 bridgehead atoms. The standard InChI is InChI=1S/C12H11N5O3/c1-20-6-9-14-11(16-15-9)7-2-3-10-13-4-8(12(18)19)17(10)5-7/h2-5H,6H2,1H3,(H,18,19)(H,14,15,16). The Labute approximate surface area is 113 Å². The molecule has 3 aromatic rings. The molecular weight excluding hydrogens is 262 g/mol. The summed E-state index contributed by atoms with van der Waals surface area (Å²) in [7, 11) is 1.56. The van der Waals surface area contributed by atoms with Crippen LogP contribution in [-0.2, 0) is 11.3 Å². The van der Waals surface area contributed by atoms with Gasteiger partial charge in [0.1, 0.15) is 12.3 Å². The van der Waals surface area contributed by atoms with E-state index in [1.807, 2.05) is 0 Å². The van der Waals surface area contributed by atoms with E-state index >= 15 is 0 Å². The second-order valence-electron chi connectivity index (χ2n) is 4.13. The molecule has 0 saturated heterocycles. The van der Waals surface area contributed by atoms with Crippen molar-refractivity contribution in [3.05, 3.63) is 36.0 Å². The molecule has 0 amide bonds. The van der Waals surface area contributed by atoms with Gasteiger partial charge < -0.3 is 9.84 Å². The molecular formula is C12H11N5O3. The molecule has 3 heterocycles. The maximum Gasteiger partial charge on any atom is 0.354 e. The SMILES string of the molecule is COCc1n[nH]c(-c2ccc3ncc(C(=O)O)n3c2)n1. The van der Waals surface area contributed by atoms with E-state index in [0.29, 0.717) is 29.5 Å². The van der Waals surface area contributed by atoms with Gasteiger partial charge in [0.25, 0.3) is 0 Å². The number of carbonyl (C=O) groups is 1. The minimum Gasteiger partial charge on any atom is -0.477 e. The van der Waals surface area contributed by atoms with Crippen molar-refractivity contribution in [2.75, 3.05) is 7.11 Å². The number of rotatable bonds is 4. The molecule has 20 heavy (non-hydrogen) atoms. The minimum absolute atomic E-state index is 0.0958. The zero-order valence-electron chi connectivity index (χ0n) is 10.6. The Morgan fingerprint density at radius 3 is 3.10 bits per heavy atom. The zero-order chi connectivity index (χ0) is 14.1. The fourth-order valence-electron chi connectivity index (χ4n) is 1.90. The molecule has 0 atom stereocenters. The number of hydrogen-bond acceptors (Lipinski definition) is 5. The van der Waals surface area contributed by atoms with E-state index in [4.69, 9.17) is 9.84 Å². The quantitative estimate of drug-likeness (QED) is 0.733. The van der Waals surface area contributed by atoms with E-state index < -0.39 is 5.97 Å². The number of pyridine rings is 1. The van der Waals surface area contributed by atoms with Crippen molar-refractivity contribution in [1.82, 2.24) is 24.6 Å². The van der Waals surface area contributed by atoms with Crippen LogP contribution in [0.15, 0.2) is 24.5 Å². The predicted molar refractivity (Wildman–Crippen MR) is 68.2 cm³/mol. The van der Waals surface area contributed by atoms with Crippen LogP contribution < -0.4 is 0 Å². The highest BCUT2D eigenvalue weighted by atomic mass is 16.5. The van der Waals surface area contributed by atoms with Crippen LogP contribution in [0.25, 0.3) is 17.0 Å². The second-order valence-corrected chi connectivity index (χ2v) is 4.13. The van der Waals surface area contributed by atoms with Gasteiger partial charge in [0, 0.05) is 18.9 Å². The van der Waals surface area contributed by atoms with Crippen LogP contribution in [0.5, 0.6) is 0 Å². The summed E-state index contributed by atoms with van der Waals surface area (Å²) in [5.41, 5.74) is 1.37. The van der Waals surface area contributed by atoms with Crippen LogP contribution in [0.1, 0.15) is 16.3 Å². The maximum absolute atomic E-state index is 11.1. The summed E-state index contributed by atoms with van der Waals surface area (Å²) in [6.45, 7) is 0.310. The molecule has 8 nitrogen and oxygen atoms in total. The van der Waals surface area contributed by atoms with E-state index in [1.54, 1.807) is 25.4 Å². The van der Waals surface area contributed by atoms with Crippen LogP contribution >= 0.6 is 0 Å². The van der Waals surface area contributed by atoms with E-state index in [1.165, 1.54) is 10.6 Å². The fraction of sp³-hybridized carbons (Fsp3) is 0.167. The molecule has 0 aliphatic carbocycles. The van der Waals surface area contributed by atoms with Gasteiger partial charge in [-0.25, -0.2) is 14.8 Å². The lowest BCUT2D eigenvalue weighted by Gasteiger charge is -2.00. The van der Waals surface area contributed by atoms with Crippen molar-refractivity contribution < 1.29 is 14.6 Å². The summed E-state index contributed by atoms with van der Waals surface area (Å²) in [5, 5.41) is 15.9. The van der Waals surface area contributed by atoms with Crippen molar-refractivity contribution in [2.45, 2.75) is 6.61 Å². The third-order valence-electron chi connectivity index (χ3n) is 2.80. The smallest absolute Gasteiger partial charge is 0.354 e. The Hall–Kier alpha value is -2.74. The molecule has 0 spiro atoms. The van der Waals surface area contributed by atoms with E-state index in [9.17, 15) is 4.79 Å². The number of H-pyrrole nitrogens is 1. The Kier molecular flexibility index (Phi) is 2.92. The Morgan fingerprint density at radius 2 is 2.35 bits per heavy atom. The van der Waals surface area contributed by atoms with Crippen LogP contribution in [0.4, 0.5) is 0 Å². The number of ether oxygens (including phenoxy) is 1. The number of nitrogens with zero attached hydrogens (tertiary/aromatic N) is 4. The van der Waals surface area contributed by atoms with Gasteiger partial charge in [-0.2, -0.15) is 5.10 Å². The van der Waals surface area contributed by atoms with Crippen LogP contribution in [0, 0.1) is 0 Å². The number of methoxy groups -OCH3 is 1. The maximum atomic E-state index is 11.1. The Bertz CT molecular complexity index is 776. The minimum atomic E-state index is -1.03. The normalized spacial score (nSPS) is 11.1. The first kappa shape index (κ1) is 12.3. The van der Waals surface area contributed by atoms with Gasteiger partial charge >= 0.3 is 5.97 Å². The second kappa shape index (κ2) is 4.74. The Morgan fingerprint density at radius 1 is 1.50 bits per heavy atom. The van der Waals surface area contributed by atoms with E-state index in [2.05, 4.69) is 20.2 Å². The van der Waals surface area contributed by atoms with Crippen molar-refractivity contribution in [1.29, 1.82) is 0 Å². The van der Waals surface area contributed by atoms with Crippen LogP contribution in [0.2, 0.25) is 0 Å². The highest BCUT2D eigenvalue weighted by molar-refractivity contribution is 5.86. The molecule has 0 saturated carbocycles. The lowest BCUT2D eigenvalue weighted by molar-refractivity contribution is 0.0689. The molecule has 2 N–H and O–H groups in total. The average Bonchev–Trinajstić information content (AvgIpc) is 3.04. The zero-order valence-corrected chi connectivity index (χ0v) is 10.6. The Balaban J connectivity index is 2.06. The van der Waals surface area contributed by atoms with Crippen molar-refractivity contribution >= 4 is 11.6 Å². The summed E-state index contributed by atoms with van der Waals surface area (Å²) in [6.07, 6.45) is 2.97.